The molecule has 1 aliphatic heterocycles. The van der Waals surface area contributed by atoms with Crippen molar-refractivity contribution < 1.29 is 4.79 Å². The van der Waals surface area contributed by atoms with Crippen LogP contribution in [0, 0.1) is 5.92 Å². The van der Waals surface area contributed by atoms with Crippen molar-refractivity contribution in [3.63, 3.8) is 0 Å². The molecule has 28 heavy (non-hydrogen) atoms. The lowest BCUT2D eigenvalue weighted by Crippen LogP contribution is -2.39. The molecule has 148 valence electrons. The Morgan fingerprint density at radius 3 is 2.43 bits per heavy atom. The predicted molar refractivity (Wildman–Crippen MR) is 110 cm³/mol. The minimum absolute atomic E-state index is 0.251. The Morgan fingerprint density at radius 1 is 1.00 bits per heavy atom. The number of carbonyl (C=O) groups is 1. The summed E-state index contributed by atoms with van der Waals surface area (Å²) < 4.78 is 2.34. The third-order valence-electron chi connectivity index (χ3n) is 6.20. The lowest BCUT2D eigenvalue weighted by Gasteiger charge is -2.32. The molecule has 1 saturated heterocycles. The number of aromatic nitrogens is 3. The number of thioether (sulfide) groups is 1. The first-order chi connectivity index (χ1) is 13.8. The van der Waals surface area contributed by atoms with Crippen LogP contribution in [-0.2, 0) is 11.2 Å². The Labute approximate surface area is 170 Å². The van der Waals surface area contributed by atoms with Crippen molar-refractivity contribution in [2.45, 2.75) is 62.1 Å². The highest BCUT2D eigenvalue weighted by atomic mass is 32.2. The number of rotatable bonds is 7. The normalized spacial score (nSPS) is 20.5. The maximum absolute atomic E-state index is 12.7. The second-order valence-corrected chi connectivity index (χ2v) is 9.46. The predicted octanol–water partition coefficient (Wildman–Crippen LogP) is 4.06. The van der Waals surface area contributed by atoms with Gasteiger partial charge in [0.1, 0.15) is 5.82 Å². The number of carbonyl (C=O) groups excluding carboxylic acids is 1. The van der Waals surface area contributed by atoms with Crippen LogP contribution in [0.1, 0.15) is 61.9 Å². The number of amides is 1. The Balaban J connectivity index is 1.12. The second-order valence-electron chi connectivity index (χ2n) is 8.52. The zero-order valence-electron chi connectivity index (χ0n) is 16.3. The van der Waals surface area contributed by atoms with Crippen LogP contribution < -0.4 is 0 Å². The average molecular weight is 397 g/mol. The van der Waals surface area contributed by atoms with E-state index < -0.39 is 0 Å². The van der Waals surface area contributed by atoms with E-state index >= 15 is 0 Å². The molecule has 5 rings (SSSR count). The average Bonchev–Trinajstić information content (AvgIpc) is 3.66. The van der Waals surface area contributed by atoms with Gasteiger partial charge >= 0.3 is 0 Å². The number of benzene rings is 1. The lowest BCUT2D eigenvalue weighted by molar-refractivity contribution is -0.129. The summed E-state index contributed by atoms with van der Waals surface area (Å²) in [4.78, 5) is 14.8. The quantitative estimate of drug-likeness (QED) is 0.662. The van der Waals surface area contributed by atoms with Crippen LogP contribution in [0.5, 0.6) is 0 Å². The fourth-order valence-corrected chi connectivity index (χ4v) is 5.15. The van der Waals surface area contributed by atoms with Crippen LogP contribution >= 0.6 is 11.8 Å². The van der Waals surface area contributed by atoms with Gasteiger partial charge in [0, 0.05) is 25.0 Å². The molecule has 0 spiro atoms. The third-order valence-corrected chi connectivity index (χ3v) is 7.13. The van der Waals surface area contributed by atoms with Crippen LogP contribution in [0.3, 0.4) is 0 Å². The molecule has 6 heteroatoms. The minimum atomic E-state index is 0.251. The van der Waals surface area contributed by atoms with Crippen molar-refractivity contribution in [2.75, 3.05) is 18.8 Å². The van der Waals surface area contributed by atoms with E-state index in [0.29, 0.717) is 23.6 Å². The monoisotopic (exact) mass is 396 g/mol. The van der Waals surface area contributed by atoms with Crippen molar-refractivity contribution in [3.8, 4) is 0 Å². The van der Waals surface area contributed by atoms with E-state index in [0.717, 1.165) is 37.5 Å². The molecule has 1 amide bonds. The Kier molecular flexibility index (Phi) is 5.14. The molecule has 2 saturated carbocycles. The fourth-order valence-electron chi connectivity index (χ4n) is 4.23. The van der Waals surface area contributed by atoms with E-state index in [9.17, 15) is 4.79 Å². The van der Waals surface area contributed by atoms with Gasteiger partial charge in [0.05, 0.1) is 5.75 Å². The first kappa shape index (κ1) is 18.2. The second kappa shape index (κ2) is 7.90. The SMILES string of the molecule is O=C(CSc1nnc(C2CC2)n1C1CC1)N1CCC(Cc2ccccc2)CC1. The molecule has 0 unspecified atom stereocenters. The van der Waals surface area contributed by atoms with Crippen LogP contribution in [-0.4, -0.2) is 44.4 Å². The summed E-state index contributed by atoms with van der Waals surface area (Å²) in [6.45, 7) is 1.78. The van der Waals surface area contributed by atoms with Crippen molar-refractivity contribution >= 4 is 17.7 Å². The fraction of sp³-hybridized carbons (Fsp3) is 0.591. The van der Waals surface area contributed by atoms with Crippen molar-refractivity contribution in [1.29, 1.82) is 0 Å². The minimum Gasteiger partial charge on any atom is -0.342 e. The molecule has 2 aliphatic carbocycles. The summed E-state index contributed by atoms with van der Waals surface area (Å²) >= 11 is 1.58. The molecular weight excluding hydrogens is 368 g/mol. The maximum atomic E-state index is 12.7. The van der Waals surface area contributed by atoms with Gasteiger partial charge in [0.15, 0.2) is 5.16 Å². The van der Waals surface area contributed by atoms with Gasteiger partial charge < -0.3 is 9.47 Å². The van der Waals surface area contributed by atoms with E-state index in [1.54, 1.807) is 11.8 Å². The molecule has 0 radical (unpaired) electrons. The largest absolute Gasteiger partial charge is 0.342 e. The number of likely N-dealkylation sites (tertiary alicyclic amines) is 1. The Bertz CT molecular complexity index is 820. The molecule has 0 atom stereocenters. The van der Waals surface area contributed by atoms with Gasteiger partial charge in [-0.3, -0.25) is 4.79 Å². The summed E-state index contributed by atoms with van der Waals surface area (Å²) in [6, 6.07) is 11.3. The Hall–Kier alpha value is -1.82. The maximum Gasteiger partial charge on any atom is 0.233 e. The molecular formula is C22H28N4OS. The van der Waals surface area contributed by atoms with Crippen LogP contribution in [0.25, 0.3) is 0 Å². The van der Waals surface area contributed by atoms with Crippen LogP contribution in [0.4, 0.5) is 0 Å². The van der Waals surface area contributed by atoms with Gasteiger partial charge in [-0.25, -0.2) is 0 Å². The molecule has 3 aliphatic rings. The highest BCUT2D eigenvalue weighted by Crippen LogP contribution is 2.46. The smallest absolute Gasteiger partial charge is 0.233 e. The molecule has 1 aromatic carbocycles. The summed E-state index contributed by atoms with van der Waals surface area (Å²) in [6.07, 6.45) is 8.29. The van der Waals surface area contributed by atoms with E-state index in [-0.39, 0.29) is 5.91 Å². The van der Waals surface area contributed by atoms with E-state index in [2.05, 4.69) is 45.1 Å². The molecule has 5 nitrogen and oxygen atoms in total. The Morgan fingerprint density at radius 2 is 1.75 bits per heavy atom. The number of hydrogen-bond donors (Lipinski definition) is 0. The van der Waals surface area contributed by atoms with Gasteiger partial charge in [0.2, 0.25) is 5.91 Å². The summed E-state index contributed by atoms with van der Waals surface area (Å²) in [7, 11) is 0. The van der Waals surface area contributed by atoms with Gasteiger partial charge in [0.25, 0.3) is 0 Å². The highest BCUT2D eigenvalue weighted by molar-refractivity contribution is 7.99. The topological polar surface area (TPSA) is 51.0 Å². The molecule has 2 aromatic rings. The van der Waals surface area contributed by atoms with Crippen LogP contribution in [0.15, 0.2) is 35.5 Å². The molecule has 2 heterocycles. The van der Waals surface area contributed by atoms with Gasteiger partial charge in [-0.1, -0.05) is 42.1 Å². The number of nitrogens with zero attached hydrogens (tertiary/aromatic N) is 4. The lowest BCUT2D eigenvalue weighted by atomic mass is 9.90. The molecule has 3 fully saturated rings. The zero-order valence-corrected chi connectivity index (χ0v) is 17.1. The van der Waals surface area contributed by atoms with E-state index in [1.807, 2.05) is 4.90 Å². The standard InChI is InChI=1S/C22H28N4OS/c27-20(25-12-10-17(11-13-25)14-16-4-2-1-3-5-16)15-28-22-24-23-21(18-6-7-18)26(22)19-8-9-19/h1-5,17-19H,6-15H2. The molecule has 0 bridgehead atoms. The van der Waals surface area contributed by atoms with Crippen molar-refractivity contribution in [2.24, 2.45) is 5.92 Å². The third kappa shape index (κ3) is 4.12. The van der Waals surface area contributed by atoms with Gasteiger partial charge in [-0.05, 0) is 56.4 Å². The molecule has 1 aromatic heterocycles. The van der Waals surface area contributed by atoms with Gasteiger partial charge in [-0.15, -0.1) is 10.2 Å². The van der Waals surface area contributed by atoms with Gasteiger partial charge in [-0.2, -0.15) is 0 Å². The van der Waals surface area contributed by atoms with Crippen LogP contribution in [0.2, 0.25) is 0 Å². The highest BCUT2D eigenvalue weighted by Gasteiger charge is 2.36. The summed E-state index contributed by atoms with van der Waals surface area (Å²) in [5, 5.41) is 9.82. The first-order valence-electron chi connectivity index (χ1n) is 10.7. The molecule has 0 N–H and O–H groups in total. The van der Waals surface area contributed by atoms with E-state index in [1.165, 1.54) is 37.1 Å². The van der Waals surface area contributed by atoms with Crippen molar-refractivity contribution in [1.82, 2.24) is 19.7 Å². The van der Waals surface area contributed by atoms with Crippen molar-refractivity contribution in [3.05, 3.63) is 41.7 Å². The summed E-state index contributed by atoms with van der Waals surface area (Å²) in [5.41, 5.74) is 1.41. The zero-order chi connectivity index (χ0) is 18.9. The summed E-state index contributed by atoms with van der Waals surface area (Å²) in [5.74, 6) is 3.21. The number of hydrogen-bond acceptors (Lipinski definition) is 4. The number of piperidine rings is 1. The first-order valence-corrected chi connectivity index (χ1v) is 11.7. The van der Waals surface area contributed by atoms with E-state index in [4.69, 9.17) is 0 Å².